The van der Waals surface area contributed by atoms with E-state index >= 15 is 0 Å². The van der Waals surface area contributed by atoms with Gasteiger partial charge in [-0.05, 0) is 4.57 Å². The maximum Gasteiger partial charge on any atom is 0.440 e. The van der Waals surface area contributed by atoms with Gasteiger partial charge < -0.3 is 9.88 Å². The third-order valence-corrected chi connectivity index (χ3v) is 1.75. The van der Waals surface area contributed by atoms with Gasteiger partial charge in [0.2, 0.25) is 0 Å². The molecule has 0 radical (unpaired) electrons. The molecule has 0 aliphatic heterocycles. The molecule has 0 aliphatic carbocycles. The highest BCUT2D eigenvalue weighted by atomic mass is 31.1. The average molecular weight is 197 g/mol. The normalized spacial score (nSPS) is 11.6. The second kappa shape index (κ2) is 3.04. The van der Waals surface area contributed by atoms with E-state index in [1.165, 1.54) is 12.5 Å². The number of rotatable bonds is 2. The van der Waals surface area contributed by atoms with Gasteiger partial charge in [-0.1, -0.05) is 0 Å². The molecule has 8 heteroatoms. The summed E-state index contributed by atoms with van der Waals surface area (Å²) >= 11 is 0. The van der Waals surface area contributed by atoms with Crippen molar-refractivity contribution in [3.8, 4) is 0 Å². The number of anilines is 1. The molecule has 0 aromatic carbocycles. The van der Waals surface area contributed by atoms with Crippen molar-refractivity contribution in [2.45, 2.75) is 0 Å². The van der Waals surface area contributed by atoms with E-state index in [-0.39, 0.29) is 5.95 Å². The molecule has 66 valence electrons. The first-order valence-electron chi connectivity index (χ1n) is 3.33. The third-order valence-electron chi connectivity index (χ3n) is 1.37. The SMILES string of the molecule is O=[P+]([O-])Nc1ncc2[nH]cnc2n1. The first-order chi connectivity index (χ1) is 6.25. The number of H-pyrrole nitrogens is 1. The second-order valence-corrected chi connectivity index (χ2v) is 2.94. The van der Waals surface area contributed by atoms with Crippen molar-refractivity contribution in [1.82, 2.24) is 19.9 Å². The Hall–Kier alpha value is -1.59. The van der Waals surface area contributed by atoms with Gasteiger partial charge in [0.05, 0.1) is 12.5 Å². The van der Waals surface area contributed by atoms with Crippen LogP contribution in [0.25, 0.3) is 11.2 Å². The van der Waals surface area contributed by atoms with Gasteiger partial charge in [0.25, 0.3) is 5.95 Å². The van der Waals surface area contributed by atoms with Gasteiger partial charge in [-0.15, -0.1) is 5.09 Å². The lowest BCUT2D eigenvalue weighted by Gasteiger charge is -1.93. The fraction of sp³-hybridized carbons (Fsp3) is 0. The van der Waals surface area contributed by atoms with Crippen molar-refractivity contribution >= 4 is 25.3 Å². The Bertz CT molecular complexity index is 455. The Balaban J connectivity index is 2.42. The van der Waals surface area contributed by atoms with Crippen molar-refractivity contribution in [3.05, 3.63) is 12.5 Å². The minimum absolute atomic E-state index is 0.0238. The van der Waals surface area contributed by atoms with Crippen molar-refractivity contribution in [3.63, 3.8) is 0 Å². The monoisotopic (exact) mass is 197 g/mol. The quantitative estimate of drug-likeness (QED) is 0.644. The summed E-state index contributed by atoms with van der Waals surface area (Å²) < 4.78 is 10.3. The molecule has 2 heterocycles. The molecule has 0 saturated carbocycles. The number of aromatic amines is 1. The van der Waals surface area contributed by atoms with Crippen LogP contribution in [0.2, 0.25) is 0 Å². The van der Waals surface area contributed by atoms with Crippen LogP contribution >= 0.6 is 8.18 Å². The van der Waals surface area contributed by atoms with E-state index in [1.54, 1.807) is 0 Å². The van der Waals surface area contributed by atoms with E-state index in [9.17, 15) is 9.46 Å². The minimum Gasteiger partial charge on any atom is -0.573 e. The highest BCUT2D eigenvalue weighted by Crippen LogP contribution is 2.13. The van der Waals surface area contributed by atoms with Gasteiger partial charge in [0.1, 0.15) is 5.52 Å². The smallest absolute Gasteiger partial charge is 0.440 e. The predicted octanol–water partition coefficient (Wildman–Crippen LogP) is -0.218. The number of nitrogens with zero attached hydrogens (tertiary/aromatic N) is 3. The Labute approximate surface area is 73.2 Å². The molecule has 0 spiro atoms. The molecular weight excluding hydrogens is 193 g/mol. The summed E-state index contributed by atoms with van der Waals surface area (Å²) in [6.07, 6.45) is 2.91. The van der Waals surface area contributed by atoms with E-state index in [0.29, 0.717) is 11.2 Å². The number of hydrogen-bond acceptors (Lipinski definition) is 5. The maximum atomic E-state index is 10.3. The molecule has 7 nitrogen and oxygen atoms in total. The third kappa shape index (κ3) is 1.61. The van der Waals surface area contributed by atoms with E-state index in [4.69, 9.17) is 0 Å². The molecule has 1 atom stereocenters. The van der Waals surface area contributed by atoms with Gasteiger partial charge in [-0.2, -0.15) is 4.98 Å². The highest BCUT2D eigenvalue weighted by Gasteiger charge is 2.06. The predicted molar refractivity (Wildman–Crippen MR) is 42.9 cm³/mol. The average Bonchev–Trinajstić information content (AvgIpc) is 2.49. The largest absolute Gasteiger partial charge is 0.573 e. The lowest BCUT2D eigenvalue weighted by atomic mass is 10.6. The Morgan fingerprint density at radius 3 is 3.15 bits per heavy atom. The van der Waals surface area contributed by atoms with Crippen LogP contribution in [0.5, 0.6) is 0 Å². The Morgan fingerprint density at radius 1 is 1.54 bits per heavy atom. The molecule has 13 heavy (non-hydrogen) atoms. The maximum absolute atomic E-state index is 10.3. The van der Waals surface area contributed by atoms with Gasteiger partial charge in [0, 0.05) is 0 Å². The van der Waals surface area contributed by atoms with Crippen LogP contribution in [0.3, 0.4) is 0 Å². The molecule has 2 rings (SSSR count). The first kappa shape index (κ1) is 8.03. The van der Waals surface area contributed by atoms with Crippen molar-refractivity contribution in [2.24, 2.45) is 0 Å². The number of aromatic nitrogens is 4. The molecular formula is C5H4N5O2P. The van der Waals surface area contributed by atoms with Crippen LogP contribution in [0.4, 0.5) is 5.95 Å². The fourth-order valence-electron chi connectivity index (χ4n) is 0.872. The Kier molecular flexibility index (Phi) is 1.88. The zero-order valence-corrected chi connectivity index (χ0v) is 7.15. The summed E-state index contributed by atoms with van der Waals surface area (Å²) in [5.74, 6) is 0.0238. The standard InChI is InChI=1S/C5H4N5O2P/c11-13(12)10-5-6-1-3-4(9-5)8-2-7-3/h1-2H,(H2,6,7,8,9,10,11,12). The molecule has 0 saturated heterocycles. The van der Waals surface area contributed by atoms with Crippen molar-refractivity contribution < 1.29 is 9.46 Å². The van der Waals surface area contributed by atoms with Crippen LogP contribution < -0.4 is 9.98 Å². The van der Waals surface area contributed by atoms with Crippen LogP contribution in [-0.2, 0) is 4.57 Å². The van der Waals surface area contributed by atoms with E-state index in [0.717, 1.165) is 0 Å². The number of imidazole rings is 1. The summed E-state index contributed by atoms with van der Waals surface area (Å²) in [6.45, 7) is 0. The van der Waals surface area contributed by atoms with Gasteiger partial charge >= 0.3 is 8.18 Å². The van der Waals surface area contributed by atoms with E-state index in [2.05, 4.69) is 25.0 Å². The molecule has 0 fully saturated rings. The van der Waals surface area contributed by atoms with Crippen LogP contribution in [0.15, 0.2) is 12.5 Å². The Morgan fingerprint density at radius 2 is 2.38 bits per heavy atom. The summed E-state index contributed by atoms with van der Waals surface area (Å²) in [4.78, 5) is 24.5. The zero-order valence-electron chi connectivity index (χ0n) is 6.26. The fourth-order valence-corrected chi connectivity index (χ4v) is 1.14. The number of nitrogens with one attached hydrogen (secondary N) is 2. The topological polar surface area (TPSA) is 107 Å². The summed E-state index contributed by atoms with van der Waals surface area (Å²) in [5.41, 5.74) is 1.08. The van der Waals surface area contributed by atoms with Gasteiger partial charge in [-0.25, -0.2) is 9.97 Å². The molecule has 0 amide bonds. The summed E-state index contributed by atoms with van der Waals surface area (Å²) in [7, 11) is -2.73. The number of fused-ring (bicyclic) bond motifs is 1. The molecule has 1 unspecified atom stereocenters. The molecule has 2 aromatic heterocycles. The molecule has 0 aliphatic rings. The van der Waals surface area contributed by atoms with E-state index in [1.807, 2.05) is 0 Å². The number of hydrogen-bond donors (Lipinski definition) is 2. The first-order valence-corrected chi connectivity index (χ1v) is 4.50. The van der Waals surface area contributed by atoms with Crippen LogP contribution in [-0.4, -0.2) is 19.9 Å². The zero-order chi connectivity index (χ0) is 9.26. The van der Waals surface area contributed by atoms with Gasteiger partial charge in [0.15, 0.2) is 5.65 Å². The van der Waals surface area contributed by atoms with Crippen LogP contribution in [0.1, 0.15) is 0 Å². The van der Waals surface area contributed by atoms with E-state index < -0.39 is 8.18 Å². The summed E-state index contributed by atoms with van der Waals surface area (Å²) in [6, 6.07) is 0. The molecule has 0 bridgehead atoms. The van der Waals surface area contributed by atoms with Gasteiger partial charge in [-0.3, -0.25) is 0 Å². The summed E-state index contributed by atoms with van der Waals surface area (Å²) in [5, 5.41) is 2.06. The van der Waals surface area contributed by atoms with Crippen molar-refractivity contribution in [2.75, 3.05) is 5.09 Å². The minimum atomic E-state index is -2.73. The lowest BCUT2D eigenvalue weighted by Crippen LogP contribution is -2.00. The second-order valence-electron chi connectivity index (χ2n) is 2.20. The highest BCUT2D eigenvalue weighted by molar-refractivity contribution is 7.38. The lowest BCUT2D eigenvalue weighted by molar-refractivity contribution is -0.162. The molecule has 2 N–H and O–H groups in total. The van der Waals surface area contributed by atoms with Crippen molar-refractivity contribution in [1.29, 1.82) is 0 Å². The van der Waals surface area contributed by atoms with Crippen LogP contribution in [0, 0.1) is 0 Å². The molecule has 2 aromatic rings.